The summed E-state index contributed by atoms with van der Waals surface area (Å²) in [6.45, 7) is 2.38. The van der Waals surface area contributed by atoms with E-state index in [0.29, 0.717) is 12.1 Å². The molecule has 106 valence electrons. The Labute approximate surface area is 116 Å². The lowest BCUT2D eigenvalue weighted by Crippen LogP contribution is -2.21. The van der Waals surface area contributed by atoms with Crippen LogP contribution in [-0.2, 0) is 6.54 Å². The molecule has 0 unspecified atom stereocenters. The van der Waals surface area contributed by atoms with Gasteiger partial charge >= 0.3 is 0 Å². The zero-order valence-corrected chi connectivity index (χ0v) is 11.3. The number of pyridine rings is 1. The van der Waals surface area contributed by atoms with Gasteiger partial charge in [0.05, 0.1) is 6.54 Å². The highest BCUT2D eigenvalue weighted by molar-refractivity contribution is 5.30. The van der Waals surface area contributed by atoms with E-state index in [1.807, 2.05) is 0 Å². The number of ether oxygens (including phenoxy) is 1. The first kappa shape index (κ1) is 14.3. The fourth-order valence-corrected chi connectivity index (χ4v) is 1.82. The van der Waals surface area contributed by atoms with Crippen LogP contribution in [0.1, 0.15) is 18.5 Å². The Bertz CT molecular complexity index is 638. The molecular formula is C15H17FN2O2. The molecule has 4 nitrogen and oxygen atoms in total. The molecule has 20 heavy (non-hydrogen) atoms. The summed E-state index contributed by atoms with van der Waals surface area (Å²) in [6.07, 6.45) is 1.67. The fraction of sp³-hybridized carbons (Fsp3) is 0.267. The number of nitrogens with zero attached hydrogens (tertiary/aromatic N) is 1. The largest absolute Gasteiger partial charge is 0.489 e. The Morgan fingerprint density at radius 1 is 1.35 bits per heavy atom. The summed E-state index contributed by atoms with van der Waals surface area (Å²) in [5.74, 6) is -0.279. The van der Waals surface area contributed by atoms with Gasteiger partial charge in [0.2, 0.25) is 0 Å². The number of hydrogen-bond acceptors (Lipinski definition) is 3. The topological polar surface area (TPSA) is 57.2 Å². The van der Waals surface area contributed by atoms with E-state index >= 15 is 0 Å². The quantitative estimate of drug-likeness (QED) is 0.909. The second-order valence-corrected chi connectivity index (χ2v) is 4.56. The Morgan fingerprint density at radius 2 is 2.15 bits per heavy atom. The fourth-order valence-electron chi connectivity index (χ4n) is 1.82. The van der Waals surface area contributed by atoms with Gasteiger partial charge < -0.3 is 15.0 Å². The van der Waals surface area contributed by atoms with Crippen LogP contribution in [0.4, 0.5) is 4.39 Å². The van der Waals surface area contributed by atoms with Crippen LogP contribution in [0.3, 0.4) is 0 Å². The molecule has 0 radical (unpaired) electrons. The van der Waals surface area contributed by atoms with Crippen molar-refractivity contribution >= 4 is 0 Å². The van der Waals surface area contributed by atoms with Crippen LogP contribution < -0.4 is 16.0 Å². The molecule has 1 aromatic carbocycles. The maximum atomic E-state index is 13.8. The molecule has 0 saturated carbocycles. The van der Waals surface area contributed by atoms with Crippen LogP contribution in [0.25, 0.3) is 0 Å². The minimum atomic E-state index is -0.444. The molecule has 1 atom stereocenters. The molecule has 5 heteroatoms. The highest BCUT2D eigenvalue weighted by Gasteiger charge is 2.07. The minimum absolute atomic E-state index is 0.108. The molecule has 1 heterocycles. The highest BCUT2D eigenvalue weighted by atomic mass is 19.1. The van der Waals surface area contributed by atoms with E-state index in [1.165, 1.54) is 16.7 Å². The van der Waals surface area contributed by atoms with Crippen molar-refractivity contribution in [2.45, 2.75) is 19.5 Å². The molecule has 2 aromatic rings. The molecule has 0 saturated heterocycles. The normalized spacial score (nSPS) is 12.2. The predicted molar refractivity (Wildman–Crippen MR) is 75.2 cm³/mol. The maximum Gasteiger partial charge on any atom is 0.250 e. The molecule has 0 aliphatic carbocycles. The standard InChI is InChI=1S/C15H17FN2O2/c1-11(17)12-5-6-14(13(16)10-12)20-9-8-18-7-3-2-4-15(18)19/h2-7,10-11H,8-9,17H2,1H3/t11-/m0/s1. The predicted octanol–water partition coefficient (Wildman–Crippen LogP) is 2.09. The van der Waals surface area contributed by atoms with Crippen molar-refractivity contribution < 1.29 is 9.13 Å². The average molecular weight is 276 g/mol. The van der Waals surface area contributed by atoms with Crippen LogP contribution in [0.5, 0.6) is 5.75 Å². The van der Waals surface area contributed by atoms with Gasteiger partial charge in [0.25, 0.3) is 5.56 Å². The van der Waals surface area contributed by atoms with E-state index in [0.717, 1.165) is 0 Å². The number of halogens is 1. The molecule has 0 aliphatic rings. The van der Waals surface area contributed by atoms with Gasteiger partial charge in [-0.15, -0.1) is 0 Å². The van der Waals surface area contributed by atoms with Crippen LogP contribution in [0.2, 0.25) is 0 Å². The van der Waals surface area contributed by atoms with Crippen LogP contribution in [0.15, 0.2) is 47.4 Å². The van der Waals surface area contributed by atoms with Crippen molar-refractivity contribution in [1.29, 1.82) is 0 Å². The van der Waals surface area contributed by atoms with Gasteiger partial charge in [-0.05, 0) is 30.7 Å². The molecule has 0 amide bonds. The lowest BCUT2D eigenvalue weighted by molar-refractivity contribution is 0.282. The third-order valence-corrected chi connectivity index (χ3v) is 2.97. The lowest BCUT2D eigenvalue weighted by atomic mass is 10.1. The number of rotatable bonds is 5. The summed E-state index contributed by atoms with van der Waals surface area (Å²) in [7, 11) is 0. The van der Waals surface area contributed by atoms with Gasteiger partial charge in [0, 0.05) is 18.3 Å². The van der Waals surface area contributed by atoms with Crippen molar-refractivity contribution in [3.05, 3.63) is 64.3 Å². The molecule has 2 rings (SSSR count). The summed E-state index contributed by atoms with van der Waals surface area (Å²) in [5, 5.41) is 0. The molecule has 1 aromatic heterocycles. The number of benzene rings is 1. The Morgan fingerprint density at radius 3 is 2.80 bits per heavy atom. The van der Waals surface area contributed by atoms with Gasteiger partial charge in [0.15, 0.2) is 11.6 Å². The minimum Gasteiger partial charge on any atom is -0.489 e. The third kappa shape index (κ3) is 3.45. The van der Waals surface area contributed by atoms with E-state index in [9.17, 15) is 9.18 Å². The number of aromatic nitrogens is 1. The van der Waals surface area contributed by atoms with E-state index in [1.54, 1.807) is 37.4 Å². The average Bonchev–Trinajstić information content (AvgIpc) is 2.42. The Hall–Kier alpha value is -2.14. The van der Waals surface area contributed by atoms with Crippen LogP contribution in [0, 0.1) is 5.82 Å². The summed E-state index contributed by atoms with van der Waals surface area (Å²) < 4.78 is 20.6. The van der Waals surface area contributed by atoms with Gasteiger partial charge in [0.1, 0.15) is 6.61 Å². The summed E-state index contributed by atoms with van der Waals surface area (Å²) in [6, 6.07) is 9.35. The molecule has 0 bridgehead atoms. The number of hydrogen-bond donors (Lipinski definition) is 1. The Balaban J connectivity index is 1.98. The monoisotopic (exact) mass is 276 g/mol. The summed E-state index contributed by atoms with van der Waals surface area (Å²) >= 11 is 0. The van der Waals surface area contributed by atoms with Crippen LogP contribution in [-0.4, -0.2) is 11.2 Å². The first-order valence-electron chi connectivity index (χ1n) is 6.41. The van der Waals surface area contributed by atoms with Crippen molar-refractivity contribution in [2.75, 3.05) is 6.61 Å². The van der Waals surface area contributed by atoms with Gasteiger partial charge in [-0.2, -0.15) is 0 Å². The molecule has 0 spiro atoms. The molecule has 0 aliphatic heterocycles. The number of nitrogens with two attached hydrogens (primary N) is 1. The van der Waals surface area contributed by atoms with Gasteiger partial charge in [-0.25, -0.2) is 4.39 Å². The maximum absolute atomic E-state index is 13.8. The van der Waals surface area contributed by atoms with E-state index in [4.69, 9.17) is 10.5 Å². The zero-order chi connectivity index (χ0) is 14.5. The first-order chi connectivity index (χ1) is 9.58. The molecule has 2 N–H and O–H groups in total. The summed E-state index contributed by atoms with van der Waals surface area (Å²) in [5.41, 5.74) is 6.29. The van der Waals surface area contributed by atoms with Gasteiger partial charge in [-0.3, -0.25) is 4.79 Å². The molecule has 0 fully saturated rings. The highest BCUT2D eigenvalue weighted by Crippen LogP contribution is 2.21. The second-order valence-electron chi connectivity index (χ2n) is 4.56. The van der Waals surface area contributed by atoms with Crippen molar-refractivity contribution in [3.63, 3.8) is 0 Å². The smallest absolute Gasteiger partial charge is 0.250 e. The SMILES string of the molecule is C[C@H](N)c1ccc(OCCn2ccccc2=O)c(F)c1. The van der Waals surface area contributed by atoms with Crippen molar-refractivity contribution in [2.24, 2.45) is 5.73 Å². The first-order valence-corrected chi connectivity index (χ1v) is 6.41. The lowest BCUT2D eigenvalue weighted by Gasteiger charge is -2.11. The Kier molecular flexibility index (Phi) is 4.53. The van der Waals surface area contributed by atoms with E-state index in [-0.39, 0.29) is 24.0 Å². The molecular weight excluding hydrogens is 259 g/mol. The zero-order valence-electron chi connectivity index (χ0n) is 11.3. The van der Waals surface area contributed by atoms with Crippen molar-refractivity contribution in [3.8, 4) is 5.75 Å². The van der Waals surface area contributed by atoms with Crippen molar-refractivity contribution in [1.82, 2.24) is 4.57 Å². The summed E-state index contributed by atoms with van der Waals surface area (Å²) in [4.78, 5) is 11.5. The van der Waals surface area contributed by atoms with E-state index < -0.39 is 5.82 Å². The third-order valence-electron chi connectivity index (χ3n) is 2.97. The van der Waals surface area contributed by atoms with Gasteiger partial charge in [-0.1, -0.05) is 12.1 Å². The van der Waals surface area contributed by atoms with Crippen LogP contribution >= 0.6 is 0 Å². The van der Waals surface area contributed by atoms with E-state index in [2.05, 4.69) is 0 Å². The second kappa shape index (κ2) is 6.34.